The van der Waals surface area contributed by atoms with E-state index in [0.29, 0.717) is 16.7 Å². The van der Waals surface area contributed by atoms with E-state index in [1.165, 1.54) is 0 Å². The summed E-state index contributed by atoms with van der Waals surface area (Å²) in [6, 6.07) is 10.2. The molecule has 0 radical (unpaired) electrons. The van der Waals surface area contributed by atoms with E-state index in [1.54, 1.807) is 24.3 Å². The number of H-pyrrole nitrogens is 1. The van der Waals surface area contributed by atoms with E-state index in [2.05, 4.69) is 10.3 Å². The van der Waals surface area contributed by atoms with Crippen LogP contribution in [-0.2, 0) is 6.54 Å². The summed E-state index contributed by atoms with van der Waals surface area (Å²) in [7, 11) is 0. The molecule has 0 bridgehead atoms. The molecule has 0 saturated carbocycles. The third kappa shape index (κ3) is 3.37. The molecule has 0 spiro atoms. The van der Waals surface area contributed by atoms with Crippen LogP contribution in [0, 0.1) is 25.2 Å². The maximum Gasteiger partial charge on any atom is 0.253 e. The molecule has 1 amide bonds. The van der Waals surface area contributed by atoms with Crippen molar-refractivity contribution in [1.82, 2.24) is 10.3 Å². The molecule has 0 aliphatic carbocycles. The van der Waals surface area contributed by atoms with Crippen LogP contribution in [0.2, 0.25) is 0 Å². The average Bonchev–Trinajstić information content (AvgIpc) is 2.46. The number of nitrogens with one attached hydrogen (secondary N) is 2. The molecule has 1 heterocycles. The van der Waals surface area contributed by atoms with Crippen molar-refractivity contribution < 1.29 is 4.79 Å². The van der Waals surface area contributed by atoms with E-state index in [9.17, 15) is 9.59 Å². The second-order valence-electron chi connectivity index (χ2n) is 4.81. The van der Waals surface area contributed by atoms with Crippen molar-refractivity contribution in [3.8, 4) is 6.07 Å². The fraction of sp³-hybridized carbons (Fsp3) is 0.188. The topological polar surface area (TPSA) is 85.8 Å². The van der Waals surface area contributed by atoms with Crippen LogP contribution in [0.5, 0.6) is 0 Å². The summed E-state index contributed by atoms with van der Waals surface area (Å²) in [4.78, 5) is 26.6. The summed E-state index contributed by atoms with van der Waals surface area (Å²) >= 11 is 0. The van der Waals surface area contributed by atoms with Gasteiger partial charge in [-0.15, -0.1) is 0 Å². The van der Waals surface area contributed by atoms with Crippen molar-refractivity contribution in [3.05, 3.63) is 68.6 Å². The van der Waals surface area contributed by atoms with Gasteiger partial charge in [0.05, 0.1) is 11.6 Å². The van der Waals surface area contributed by atoms with Crippen LogP contribution < -0.4 is 10.9 Å². The molecular formula is C16H15N3O2. The first-order chi connectivity index (χ1) is 10.0. The van der Waals surface area contributed by atoms with Crippen molar-refractivity contribution in [2.45, 2.75) is 20.4 Å². The Balaban J connectivity index is 2.11. The minimum Gasteiger partial charge on any atom is -0.348 e. The number of aromatic nitrogens is 1. The highest BCUT2D eigenvalue weighted by atomic mass is 16.1. The summed E-state index contributed by atoms with van der Waals surface area (Å²) in [5.74, 6) is -0.279. The number of amides is 1. The number of pyridine rings is 1. The van der Waals surface area contributed by atoms with Gasteiger partial charge >= 0.3 is 0 Å². The number of carbonyl (C=O) groups is 1. The van der Waals surface area contributed by atoms with Crippen LogP contribution in [0.15, 0.2) is 35.1 Å². The Morgan fingerprint density at radius 3 is 2.52 bits per heavy atom. The number of hydrogen-bond donors (Lipinski definition) is 2. The fourth-order valence-corrected chi connectivity index (χ4v) is 2.07. The van der Waals surface area contributed by atoms with Gasteiger partial charge in [-0.25, -0.2) is 0 Å². The van der Waals surface area contributed by atoms with E-state index >= 15 is 0 Å². The third-order valence-corrected chi connectivity index (χ3v) is 3.20. The van der Waals surface area contributed by atoms with Gasteiger partial charge in [0, 0.05) is 23.4 Å². The highest BCUT2D eigenvalue weighted by molar-refractivity contribution is 5.94. The first-order valence-electron chi connectivity index (χ1n) is 6.49. The summed E-state index contributed by atoms with van der Waals surface area (Å²) in [5.41, 5.74) is 2.94. The third-order valence-electron chi connectivity index (χ3n) is 3.20. The molecule has 0 unspecified atom stereocenters. The number of benzene rings is 1. The van der Waals surface area contributed by atoms with Gasteiger partial charge < -0.3 is 10.3 Å². The van der Waals surface area contributed by atoms with Gasteiger partial charge in [0.15, 0.2) is 0 Å². The largest absolute Gasteiger partial charge is 0.348 e. The lowest BCUT2D eigenvalue weighted by atomic mass is 10.1. The highest BCUT2D eigenvalue weighted by Crippen LogP contribution is 2.06. The van der Waals surface area contributed by atoms with Crippen LogP contribution in [-0.4, -0.2) is 10.9 Å². The zero-order valence-corrected chi connectivity index (χ0v) is 11.9. The molecule has 0 atom stereocenters. The maximum absolute atomic E-state index is 12.0. The number of aryl methyl sites for hydroxylation is 2. The zero-order valence-electron chi connectivity index (χ0n) is 11.9. The Labute approximate surface area is 122 Å². The lowest BCUT2D eigenvalue weighted by molar-refractivity contribution is 0.0951. The van der Waals surface area contributed by atoms with Gasteiger partial charge in [0.1, 0.15) is 0 Å². The van der Waals surface area contributed by atoms with E-state index in [4.69, 9.17) is 5.26 Å². The molecule has 2 N–H and O–H groups in total. The van der Waals surface area contributed by atoms with Crippen molar-refractivity contribution in [1.29, 1.82) is 5.26 Å². The average molecular weight is 281 g/mol. The number of rotatable bonds is 3. The molecule has 2 aromatic rings. The van der Waals surface area contributed by atoms with Gasteiger partial charge in [-0.1, -0.05) is 0 Å². The van der Waals surface area contributed by atoms with Crippen LogP contribution in [0.4, 0.5) is 0 Å². The molecule has 5 heteroatoms. The molecule has 21 heavy (non-hydrogen) atoms. The first-order valence-corrected chi connectivity index (χ1v) is 6.49. The fourth-order valence-electron chi connectivity index (χ4n) is 2.07. The quantitative estimate of drug-likeness (QED) is 0.899. The summed E-state index contributed by atoms with van der Waals surface area (Å²) in [6.45, 7) is 3.82. The molecule has 2 rings (SSSR count). The standard InChI is InChI=1S/C16H15N3O2/c1-10-7-11(2)19-16(21)14(10)9-18-15(20)13-5-3-12(8-17)4-6-13/h3-7H,9H2,1-2H3,(H,18,20)(H,19,21). The van der Waals surface area contributed by atoms with E-state index in [1.807, 2.05) is 26.0 Å². The maximum atomic E-state index is 12.0. The summed E-state index contributed by atoms with van der Waals surface area (Å²) < 4.78 is 0. The highest BCUT2D eigenvalue weighted by Gasteiger charge is 2.09. The molecule has 0 fully saturated rings. The van der Waals surface area contributed by atoms with Crippen molar-refractivity contribution >= 4 is 5.91 Å². The van der Waals surface area contributed by atoms with Crippen LogP contribution in [0.1, 0.15) is 32.7 Å². The van der Waals surface area contributed by atoms with E-state index < -0.39 is 0 Å². The second-order valence-corrected chi connectivity index (χ2v) is 4.81. The Morgan fingerprint density at radius 1 is 1.29 bits per heavy atom. The van der Waals surface area contributed by atoms with Gasteiger partial charge in [-0.05, 0) is 49.7 Å². The number of carbonyl (C=O) groups excluding carboxylic acids is 1. The Morgan fingerprint density at radius 2 is 1.95 bits per heavy atom. The smallest absolute Gasteiger partial charge is 0.253 e. The van der Waals surface area contributed by atoms with Crippen molar-refractivity contribution in [3.63, 3.8) is 0 Å². The van der Waals surface area contributed by atoms with E-state index in [0.717, 1.165) is 11.3 Å². The lowest BCUT2D eigenvalue weighted by Crippen LogP contribution is -2.27. The Kier molecular flexibility index (Phi) is 4.19. The molecule has 0 aliphatic rings. The summed E-state index contributed by atoms with van der Waals surface area (Å²) in [5, 5.41) is 11.4. The molecule has 1 aromatic carbocycles. The van der Waals surface area contributed by atoms with E-state index in [-0.39, 0.29) is 18.0 Å². The van der Waals surface area contributed by atoms with Gasteiger partial charge in [-0.2, -0.15) is 5.26 Å². The molecule has 0 aliphatic heterocycles. The lowest BCUT2D eigenvalue weighted by Gasteiger charge is -2.08. The molecule has 5 nitrogen and oxygen atoms in total. The van der Waals surface area contributed by atoms with Crippen LogP contribution in [0.3, 0.4) is 0 Å². The number of aromatic amines is 1. The van der Waals surface area contributed by atoms with Crippen LogP contribution >= 0.6 is 0 Å². The molecular weight excluding hydrogens is 266 g/mol. The Hall–Kier alpha value is -2.87. The van der Waals surface area contributed by atoms with Crippen LogP contribution in [0.25, 0.3) is 0 Å². The van der Waals surface area contributed by atoms with Gasteiger partial charge in [0.2, 0.25) is 0 Å². The molecule has 0 saturated heterocycles. The minimum absolute atomic E-state index is 0.167. The Bertz CT molecular complexity index is 768. The SMILES string of the molecule is Cc1cc(C)c(CNC(=O)c2ccc(C#N)cc2)c(=O)[nH]1. The predicted molar refractivity (Wildman–Crippen MR) is 78.9 cm³/mol. The summed E-state index contributed by atoms with van der Waals surface area (Å²) in [6.07, 6.45) is 0. The minimum atomic E-state index is -0.279. The number of nitriles is 1. The number of hydrogen-bond acceptors (Lipinski definition) is 3. The second kappa shape index (κ2) is 6.06. The predicted octanol–water partition coefficient (Wildman–Crippen LogP) is 1.79. The normalized spacial score (nSPS) is 9.95. The molecule has 106 valence electrons. The van der Waals surface area contributed by atoms with Gasteiger partial charge in [-0.3, -0.25) is 9.59 Å². The molecule has 1 aromatic heterocycles. The first kappa shape index (κ1) is 14.5. The van der Waals surface area contributed by atoms with Crippen molar-refractivity contribution in [2.75, 3.05) is 0 Å². The van der Waals surface area contributed by atoms with Gasteiger partial charge in [0.25, 0.3) is 11.5 Å². The monoisotopic (exact) mass is 281 g/mol. The zero-order chi connectivity index (χ0) is 15.4. The van der Waals surface area contributed by atoms with Crippen molar-refractivity contribution in [2.24, 2.45) is 0 Å². The number of nitrogens with zero attached hydrogens (tertiary/aromatic N) is 1.